The number of pyridine rings is 1. The Labute approximate surface area is 200 Å². The number of methoxy groups -OCH3 is 1. The number of aryl methyl sites for hydroxylation is 2. The number of hydrogen-bond acceptors (Lipinski definition) is 6. The number of aromatic nitrogens is 3. The summed E-state index contributed by atoms with van der Waals surface area (Å²) in [6.07, 6.45) is 6.00. The summed E-state index contributed by atoms with van der Waals surface area (Å²) < 4.78 is 14.3. The lowest BCUT2D eigenvalue weighted by molar-refractivity contribution is -0.136. The standard InChI is InChI=1S/C23H22Cl2N4O4/c1-13-10-17-19(22(30)29(13)8-3-7-28-9-6-27-12-28)18(15-5-4-14(24)11-16(15)25)20(21(26)33-17)23(31)32-2/h4-6,9-12,18H,3,7-8,26H2,1-2H3. The first-order chi connectivity index (χ1) is 15.8. The molecule has 0 saturated carbocycles. The number of benzene rings is 1. The van der Waals surface area contributed by atoms with Crippen molar-refractivity contribution in [2.24, 2.45) is 5.73 Å². The van der Waals surface area contributed by atoms with E-state index in [1.165, 1.54) is 7.11 Å². The fourth-order valence-electron chi connectivity index (χ4n) is 4.05. The molecule has 1 aliphatic rings. The van der Waals surface area contributed by atoms with Gasteiger partial charge in [0.15, 0.2) is 0 Å². The third-order valence-electron chi connectivity index (χ3n) is 5.61. The normalized spacial score (nSPS) is 15.2. The van der Waals surface area contributed by atoms with E-state index >= 15 is 0 Å². The molecule has 3 heterocycles. The van der Waals surface area contributed by atoms with Gasteiger partial charge < -0.3 is 24.3 Å². The maximum Gasteiger partial charge on any atom is 0.340 e. The van der Waals surface area contributed by atoms with Crippen molar-refractivity contribution >= 4 is 29.2 Å². The number of ether oxygens (including phenoxy) is 2. The molecule has 1 atom stereocenters. The third kappa shape index (κ3) is 4.36. The van der Waals surface area contributed by atoms with Crippen molar-refractivity contribution in [3.8, 4) is 5.75 Å². The molecule has 0 fully saturated rings. The van der Waals surface area contributed by atoms with Gasteiger partial charge in [0.1, 0.15) is 11.3 Å². The van der Waals surface area contributed by atoms with Gasteiger partial charge in [0.25, 0.3) is 5.56 Å². The van der Waals surface area contributed by atoms with E-state index in [0.29, 0.717) is 40.8 Å². The Balaban J connectivity index is 1.84. The van der Waals surface area contributed by atoms with Crippen LogP contribution in [0.3, 0.4) is 0 Å². The summed E-state index contributed by atoms with van der Waals surface area (Å²) in [5.74, 6) is -1.44. The van der Waals surface area contributed by atoms with Gasteiger partial charge in [-0.05, 0) is 31.0 Å². The number of nitrogens with zero attached hydrogens (tertiary/aromatic N) is 3. The van der Waals surface area contributed by atoms with Gasteiger partial charge in [-0.3, -0.25) is 4.79 Å². The molecule has 1 aliphatic heterocycles. The van der Waals surface area contributed by atoms with E-state index in [1.807, 2.05) is 17.7 Å². The van der Waals surface area contributed by atoms with E-state index in [9.17, 15) is 9.59 Å². The van der Waals surface area contributed by atoms with Gasteiger partial charge in [-0.15, -0.1) is 0 Å². The van der Waals surface area contributed by atoms with E-state index in [-0.39, 0.29) is 28.3 Å². The number of rotatable bonds is 6. The third-order valence-corrected chi connectivity index (χ3v) is 6.17. The Morgan fingerprint density at radius 1 is 1.27 bits per heavy atom. The van der Waals surface area contributed by atoms with Gasteiger partial charge in [0, 0.05) is 47.3 Å². The Hall–Kier alpha value is -3.23. The highest BCUT2D eigenvalue weighted by atomic mass is 35.5. The highest BCUT2D eigenvalue weighted by Gasteiger charge is 2.39. The van der Waals surface area contributed by atoms with Crippen LogP contribution in [-0.4, -0.2) is 27.2 Å². The SMILES string of the molecule is COC(=O)C1=C(N)Oc2cc(C)n(CCCn3ccnc3)c(=O)c2C1c1ccc(Cl)cc1Cl. The minimum atomic E-state index is -0.876. The van der Waals surface area contributed by atoms with Crippen LogP contribution < -0.4 is 16.0 Å². The Bertz CT molecular complexity index is 1300. The predicted molar refractivity (Wildman–Crippen MR) is 124 cm³/mol. The molecule has 1 unspecified atom stereocenters. The first-order valence-electron chi connectivity index (χ1n) is 10.2. The van der Waals surface area contributed by atoms with E-state index in [2.05, 4.69) is 4.98 Å². The maximum atomic E-state index is 13.7. The lowest BCUT2D eigenvalue weighted by atomic mass is 9.83. The van der Waals surface area contributed by atoms with Crippen LogP contribution in [0.15, 0.2) is 59.2 Å². The molecular formula is C23H22Cl2N4O4. The van der Waals surface area contributed by atoms with Gasteiger partial charge in [0.2, 0.25) is 5.88 Å². The minimum Gasteiger partial charge on any atom is -0.465 e. The van der Waals surface area contributed by atoms with Crippen LogP contribution in [0.1, 0.15) is 29.2 Å². The molecule has 0 aliphatic carbocycles. The largest absolute Gasteiger partial charge is 0.465 e. The van der Waals surface area contributed by atoms with Gasteiger partial charge in [-0.25, -0.2) is 9.78 Å². The molecule has 10 heteroatoms. The maximum absolute atomic E-state index is 13.7. The molecule has 33 heavy (non-hydrogen) atoms. The fourth-order valence-corrected chi connectivity index (χ4v) is 4.57. The summed E-state index contributed by atoms with van der Waals surface area (Å²) in [5.41, 5.74) is 7.32. The quantitative estimate of drug-likeness (QED) is 0.531. The summed E-state index contributed by atoms with van der Waals surface area (Å²) in [6, 6.07) is 6.60. The van der Waals surface area contributed by atoms with Crippen molar-refractivity contribution in [2.45, 2.75) is 32.4 Å². The first kappa shape index (κ1) is 22.9. The van der Waals surface area contributed by atoms with Gasteiger partial charge in [-0.1, -0.05) is 29.3 Å². The summed E-state index contributed by atoms with van der Waals surface area (Å²) in [5, 5.41) is 0.717. The number of esters is 1. The van der Waals surface area contributed by atoms with Crippen molar-refractivity contribution in [1.82, 2.24) is 14.1 Å². The van der Waals surface area contributed by atoms with Crippen molar-refractivity contribution in [3.05, 3.63) is 91.7 Å². The Kier molecular flexibility index (Phi) is 6.49. The second-order valence-corrected chi connectivity index (χ2v) is 8.49. The van der Waals surface area contributed by atoms with Crippen molar-refractivity contribution in [1.29, 1.82) is 0 Å². The second-order valence-electron chi connectivity index (χ2n) is 7.64. The van der Waals surface area contributed by atoms with Crippen LogP contribution in [0.5, 0.6) is 5.75 Å². The van der Waals surface area contributed by atoms with Gasteiger partial charge >= 0.3 is 5.97 Å². The van der Waals surface area contributed by atoms with Crippen LogP contribution in [0.4, 0.5) is 0 Å². The predicted octanol–water partition coefficient (Wildman–Crippen LogP) is 3.62. The van der Waals surface area contributed by atoms with Crippen LogP contribution in [-0.2, 0) is 22.6 Å². The Morgan fingerprint density at radius 3 is 2.73 bits per heavy atom. The molecular weight excluding hydrogens is 467 g/mol. The van der Waals surface area contributed by atoms with Crippen molar-refractivity contribution in [2.75, 3.05) is 7.11 Å². The molecule has 3 aromatic rings. The van der Waals surface area contributed by atoms with E-state index in [1.54, 1.807) is 41.4 Å². The summed E-state index contributed by atoms with van der Waals surface area (Å²) in [4.78, 5) is 30.5. The number of halogens is 2. The lowest BCUT2D eigenvalue weighted by Gasteiger charge is -2.29. The number of carbonyl (C=O) groups excluding carboxylic acids is 1. The van der Waals surface area contributed by atoms with Gasteiger partial charge in [0.05, 0.1) is 24.9 Å². The molecule has 0 amide bonds. The van der Waals surface area contributed by atoms with E-state index < -0.39 is 11.9 Å². The highest BCUT2D eigenvalue weighted by Crippen LogP contribution is 2.43. The van der Waals surface area contributed by atoms with Crippen molar-refractivity contribution in [3.63, 3.8) is 0 Å². The summed E-state index contributed by atoms with van der Waals surface area (Å²) in [7, 11) is 1.24. The molecule has 2 aromatic heterocycles. The molecule has 0 saturated heterocycles. The zero-order valence-corrected chi connectivity index (χ0v) is 19.6. The molecule has 8 nitrogen and oxygen atoms in total. The molecule has 172 valence electrons. The summed E-state index contributed by atoms with van der Waals surface area (Å²) >= 11 is 12.6. The molecule has 0 bridgehead atoms. The monoisotopic (exact) mass is 488 g/mol. The lowest BCUT2D eigenvalue weighted by Crippen LogP contribution is -2.35. The number of hydrogen-bond donors (Lipinski definition) is 1. The number of carbonyl (C=O) groups is 1. The zero-order chi connectivity index (χ0) is 23.7. The number of fused-ring (bicyclic) bond motifs is 1. The number of nitrogens with two attached hydrogens (primary N) is 1. The number of imidazole rings is 1. The van der Waals surface area contributed by atoms with Gasteiger partial charge in [-0.2, -0.15) is 0 Å². The first-order valence-corrected chi connectivity index (χ1v) is 11.0. The average molecular weight is 489 g/mol. The smallest absolute Gasteiger partial charge is 0.340 e. The average Bonchev–Trinajstić information content (AvgIpc) is 3.28. The zero-order valence-electron chi connectivity index (χ0n) is 18.0. The van der Waals surface area contributed by atoms with Crippen LogP contribution in [0, 0.1) is 6.92 Å². The molecule has 4 rings (SSSR count). The molecule has 0 radical (unpaired) electrons. The fraction of sp³-hybridized carbons (Fsp3) is 0.261. The van der Waals surface area contributed by atoms with Crippen LogP contribution >= 0.6 is 23.2 Å². The van der Waals surface area contributed by atoms with E-state index in [4.69, 9.17) is 38.4 Å². The molecule has 0 spiro atoms. The summed E-state index contributed by atoms with van der Waals surface area (Å²) in [6.45, 7) is 2.98. The van der Waals surface area contributed by atoms with Crippen LogP contribution in [0.2, 0.25) is 10.0 Å². The second kappa shape index (κ2) is 9.33. The molecule has 1 aromatic carbocycles. The minimum absolute atomic E-state index is 0.0140. The topological polar surface area (TPSA) is 101 Å². The Morgan fingerprint density at radius 2 is 2.06 bits per heavy atom. The molecule has 2 N–H and O–H groups in total. The van der Waals surface area contributed by atoms with E-state index in [0.717, 1.165) is 0 Å². The van der Waals surface area contributed by atoms with Crippen LogP contribution in [0.25, 0.3) is 0 Å². The highest BCUT2D eigenvalue weighted by molar-refractivity contribution is 6.35. The van der Waals surface area contributed by atoms with Crippen molar-refractivity contribution < 1.29 is 14.3 Å².